The summed E-state index contributed by atoms with van der Waals surface area (Å²) in [6.07, 6.45) is 3.30. The van der Waals surface area contributed by atoms with Gasteiger partial charge < -0.3 is 14.6 Å². The monoisotopic (exact) mass is 735 g/mol. The predicted molar refractivity (Wildman–Crippen MR) is 194 cm³/mol. The molecule has 7 rings (SSSR count). The molecule has 5 heterocycles. The lowest BCUT2D eigenvalue weighted by Gasteiger charge is -2.29. The van der Waals surface area contributed by atoms with Crippen molar-refractivity contribution in [3.8, 4) is 17.6 Å². The van der Waals surface area contributed by atoms with E-state index in [1.807, 2.05) is 12.1 Å². The minimum Gasteiger partial charge on any atom is -0.480 e. The van der Waals surface area contributed by atoms with E-state index < -0.39 is 29.7 Å². The fourth-order valence-corrected chi connectivity index (χ4v) is 6.88. The molecule has 3 aliphatic rings. The van der Waals surface area contributed by atoms with Gasteiger partial charge in [0.1, 0.15) is 17.7 Å². The average molecular weight is 736 g/mol. The Hall–Kier alpha value is -5.91. The standard InChI is InChI=1S/C38H34ClN7O7/c1-21(47)20-53-31-17-24-16-25(5-7-29(24)44(2)38(31)52)41-34-28(39)18-40-32(42-34)9-4-22-11-13-45(14-12-22)19-23-3-6-26-27(15-23)37(51)46(36(26)50)30-8-10-33(48)43-35(30)49/h3,5-7,15-18,22,30H,8,10-14,19-20H2,1-2H3,(H,40,41,42)(H,43,48,49). The van der Waals surface area contributed by atoms with E-state index in [2.05, 4.69) is 37.3 Å². The first-order valence-corrected chi connectivity index (χ1v) is 17.5. The number of benzene rings is 2. The van der Waals surface area contributed by atoms with E-state index in [1.54, 1.807) is 37.4 Å². The highest BCUT2D eigenvalue weighted by atomic mass is 35.5. The van der Waals surface area contributed by atoms with Crippen molar-refractivity contribution in [1.82, 2.24) is 29.7 Å². The van der Waals surface area contributed by atoms with Crippen molar-refractivity contribution >= 4 is 63.4 Å². The number of piperidine rings is 2. The third kappa shape index (κ3) is 7.39. The van der Waals surface area contributed by atoms with E-state index in [1.165, 1.54) is 17.7 Å². The molecule has 4 amide bonds. The molecular formula is C38H34ClN7O7. The molecule has 3 aliphatic heterocycles. The van der Waals surface area contributed by atoms with Crippen LogP contribution in [0.1, 0.15) is 64.7 Å². The molecule has 2 saturated heterocycles. The lowest BCUT2D eigenvalue weighted by molar-refractivity contribution is -0.136. The Kier molecular flexibility index (Phi) is 9.78. The summed E-state index contributed by atoms with van der Waals surface area (Å²) >= 11 is 6.43. The van der Waals surface area contributed by atoms with E-state index in [0.717, 1.165) is 36.4 Å². The van der Waals surface area contributed by atoms with Crippen molar-refractivity contribution in [2.75, 3.05) is 25.0 Å². The first-order valence-electron chi connectivity index (χ1n) is 17.1. The normalized spacial score (nSPS) is 17.7. The Morgan fingerprint density at radius 1 is 1.02 bits per heavy atom. The zero-order valence-electron chi connectivity index (χ0n) is 28.9. The van der Waals surface area contributed by atoms with Crippen LogP contribution in [0, 0.1) is 17.8 Å². The molecule has 53 heavy (non-hydrogen) atoms. The van der Waals surface area contributed by atoms with Crippen molar-refractivity contribution < 1.29 is 28.7 Å². The summed E-state index contributed by atoms with van der Waals surface area (Å²) in [7, 11) is 1.64. The second kappa shape index (κ2) is 14.6. The van der Waals surface area contributed by atoms with Crippen LogP contribution in [0.15, 0.2) is 53.5 Å². The molecular weight excluding hydrogens is 702 g/mol. The molecule has 1 unspecified atom stereocenters. The van der Waals surface area contributed by atoms with Gasteiger partial charge in [0, 0.05) is 37.0 Å². The first kappa shape index (κ1) is 35.5. The molecule has 0 bridgehead atoms. The number of carbonyl (C=O) groups is 5. The lowest BCUT2D eigenvalue weighted by Crippen LogP contribution is -2.54. The van der Waals surface area contributed by atoms with Crippen molar-refractivity contribution in [2.45, 2.75) is 45.2 Å². The van der Waals surface area contributed by atoms with Gasteiger partial charge in [-0.3, -0.25) is 43.9 Å². The maximum Gasteiger partial charge on any atom is 0.293 e. The maximum atomic E-state index is 13.2. The third-order valence-electron chi connectivity index (χ3n) is 9.51. The summed E-state index contributed by atoms with van der Waals surface area (Å²) in [4.78, 5) is 86.3. The molecule has 0 radical (unpaired) electrons. The fraction of sp³-hybridized carbons (Fsp3) is 0.316. The largest absolute Gasteiger partial charge is 0.480 e. The zero-order chi connectivity index (χ0) is 37.4. The van der Waals surface area contributed by atoms with Gasteiger partial charge in [0.2, 0.25) is 17.6 Å². The summed E-state index contributed by atoms with van der Waals surface area (Å²) < 4.78 is 6.89. The number of imide groups is 2. The number of hydrogen-bond acceptors (Lipinski definition) is 11. The number of aromatic nitrogens is 3. The quantitative estimate of drug-likeness (QED) is 0.201. The van der Waals surface area contributed by atoms with Crippen LogP contribution < -0.4 is 20.9 Å². The predicted octanol–water partition coefficient (Wildman–Crippen LogP) is 3.36. The Morgan fingerprint density at radius 3 is 2.55 bits per heavy atom. The molecule has 2 N–H and O–H groups in total. The third-order valence-corrected chi connectivity index (χ3v) is 9.79. The number of aryl methyl sites for hydroxylation is 1. The Bertz CT molecular complexity index is 2340. The number of nitrogens with zero attached hydrogens (tertiary/aromatic N) is 5. The molecule has 2 fully saturated rings. The molecule has 4 aromatic rings. The highest BCUT2D eigenvalue weighted by Gasteiger charge is 2.44. The van der Waals surface area contributed by atoms with E-state index in [9.17, 15) is 28.8 Å². The topological polar surface area (TPSA) is 173 Å². The molecule has 1 atom stereocenters. The van der Waals surface area contributed by atoms with Gasteiger partial charge in [0.05, 0.1) is 22.8 Å². The van der Waals surface area contributed by atoms with Crippen LogP contribution in [0.25, 0.3) is 10.9 Å². The number of halogens is 1. The van der Waals surface area contributed by atoms with Crippen LogP contribution in [0.5, 0.6) is 5.75 Å². The average Bonchev–Trinajstić information content (AvgIpc) is 3.38. The number of pyridine rings is 1. The Balaban J connectivity index is 0.969. The number of ether oxygens (including phenoxy) is 1. The Labute approximate surface area is 308 Å². The smallest absolute Gasteiger partial charge is 0.293 e. The van der Waals surface area contributed by atoms with Gasteiger partial charge >= 0.3 is 0 Å². The minimum atomic E-state index is -0.997. The lowest BCUT2D eigenvalue weighted by atomic mass is 9.96. The number of hydrogen-bond donors (Lipinski definition) is 2. The molecule has 2 aromatic heterocycles. The molecule has 2 aromatic carbocycles. The van der Waals surface area contributed by atoms with Crippen molar-refractivity contribution in [3.63, 3.8) is 0 Å². The fourth-order valence-electron chi connectivity index (χ4n) is 6.74. The molecule has 0 spiro atoms. The number of ketones is 1. The summed E-state index contributed by atoms with van der Waals surface area (Å²) in [5, 5.41) is 6.44. The SMILES string of the molecule is CC(=O)COc1cc2cc(Nc3nc(C#CC4CCN(Cc5ccc6c(c5)C(=O)N(C5CCC(=O)NC5=O)C6=O)CC4)ncc3Cl)ccc2n(C)c1=O. The molecule has 0 aliphatic carbocycles. The van der Waals surface area contributed by atoms with Gasteiger partial charge in [-0.1, -0.05) is 23.6 Å². The van der Waals surface area contributed by atoms with E-state index in [4.69, 9.17) is 16.3 Å². The van der Waals surface area contributed by atoms with Gasteiger partial charge in [-0.25, -0.2) is 9.97 Å². The highest BCUT2D eigenvalue weighted by molar-refractivity contribution is 6.32. The zero-order valence-corrected chi connectivity index (χ0v) is 29.7. The minimum absolute atomic E-state index is 0.0708. The van der Waals surface area contributed by atoms with Crippen LogP contribution in [0.4, 0.5) is 11.5 Å². The van der Waals surface area contributed by atoms with Gasteiger partial charge in [0.25, 0.3) is 17.4 Å². The number of rotatable bonds is 8. The number of likely N-dealkylation sites (tertiary alicyclic amines) is 1. The van der Waals surface area contributed by atoms with Crippen molar-refractivity contribution in [3.05, 3.63) is 86.6 Å². The number of carbonyl (C=O) groups excluding carboxylic acids is 5. The number of fused-ring (bicyclic) bond motifs is 2. The van der Waals surface area contributed by atoms with Gasteiger partial charge in [-0.2, -0.15) is 0 Å². The summed E-state index contributed by atoms with van der Waals surface area (Å²) in [6.45, 7) is 3.32. The highest BCUT2D eigenvalue weighted by Crippen LogP contribution is 2.30. The molecule has 0 saturated carbocycles. The number of nitrogens with one attached hydrogen (secondary N) is 2. The number of amides is 4. The van der Waals surface area contributed by atoms with Crippen molar-refractivity contribution in [2.24, 2.45) is 13.0 Å². The van der Waals surface area contributed by atoms with Gasteiger partial charge in [-0.05, 0) is 87.2 Å². The van der Waals surface area contributed by atoms with Crippen molar-refractivity contribution in [1.29, 1.82) is 0 Å². The van der Waals surface area contributed by atoms with E-state index >= 15 is 0 Å². The van der Waals surface area contributed by atoms with E-state index in [0.29, 0.717) is 39.8 Å². The second-order valence-corrected chi connectivity index (χ2v) is 13.7. The maximum absolute atomic E-state index is 13.2. The molecule has 14 nitrogen and oxygen atoms in total. The summed E-state index contributed by atoms with van der Waals surface area (Å²) in [5.41, 5.74) is 2.41. The second-order valence-electron chi connectivity index (χ2n) is 13.3. The summed E-state index contributed by atoms with van der Waals surface area (Å²) in [5.74, 6) is 4.98. The van der Waals surface area contributed by atoms with Crippen LogP contribution in [0.3, 0.4) is 0 Å². The number of Topliss-reactive ketones (excluding diaryl/α,β-unsaturated/α-hetero) is 1. The van der Waals surface area contributed by atoms with Crippen LogP contribution >= 0.6 is 11.6 Å². The summed E-state index contributed by atoms with van der Waals surface area (Å²) in [6, 6.07) is 11.2. The van der Waals surface area contributed by atoms with Gasteiger partial charge in [0.15, 0.2) is 17.4 Å². The Morgan fingerprint density at radius 2 is 1.79 bits per heavy atom. The van der Waals surface area contributed by atoms with Crippen LogP contribution in [-0.4, -0.2) is 79.5 Å². The van der Waals surface area contributed by atoms with E-state index in [-0.39, 0.29) is 53.6 Å². The molecule has 270 valence electrons. The first-order chi connectivity index (χ1) is 25.4. The van der Waals surface area contributed by atoms with Gasteiger partial charge in [-0.15, -0.1) is 0 Å². The van der Waals surface area contributed by atoms with Crippen LogP contribution in [-0.2, 0) is 28.0 Å². The number of anilines is 2. The molecule has 15 heteroatoms. The van der Waals surface area contributed by atoms with Crippen LogP contribution in [0.2, 0.25) is 5.02 Å².